The summed E-state index contributed by atoms with van der Waals surface area (Å²) in [6.07, 6.45) is 3.84. The van der Waals surface area contributed by atoms with Crippen molar-refractivity contribution in [3.05, 3.63) is 23.3 Å². The van der Waals surface area contributed by atoms with Gasteiger partial charge in [0.05, 0.1) is 11.7 Å². The second-order valence-corrected chi connectivity index (χ2v) is 6.63. The predicted octanol–water partition coefficient (Wildman–Crippen LogP) is 1.35. The van der Waals surface area contributed by atoms with Crippen molar-refractivity contribution in [2.24, 2.45) is 0 Å². The number of hydrogen-bond donors (Lipinski definition) is 1. The van der Waals surface area contributed by atoms with Gasteiger partial charge in [-0.25, -0.2) is 9.97 Å². The van der Waals surface area contributed by atoms with Crippen LogP contribution in [0.15, 0.2) is 6.07 Å². The minimum absolute atomic E-state index is 0.303. The quantitative estimate of drug-likeness (QED) is 0.906. The van der Waals surface area contributed by atoms with Crippen LogP contribution in [0.2, 0.25) is 0 Å². The number of nitrogens with zero attached hydrogens (tertiary/aromatic N) is 4. The zero-order chi connectivity index (χ0) is 14.8. The molecule has 0 aromatic carbocycles. The number of nitrogens with one attached hydrogen (secondary N) is 1. The molecule has 1 unspecified atom stereocenters. The first-order valence-electron chi connectivity index (χ1n) is 8.08. The summed E-state index contributed by atoms with van der Waals surface area (Å²) in [6, 6.07) is 3.13. The van der Waals surface area contributed by atoms with Gasteiger partial charge in [-0.1, -0.05) is 0 Å². The SMILES string of the molecule is Cc1cc(CNC2CC2)nc(C2CN(C)CCCN2C)n1. The molecule has 0 amide bonds. The van der Waals surface area contributed by atoms with Gasteiger partial charge in [0.25, 0.3) is 0 Å². The van der Waals surface area contributed by atoms with Crippen LogP contribution in [0, 0.1) is 6.92 Å². The first-order chi connectivity index (χ1) is 10.1. The molecule has 5 nitrogen and oxygen atoms in total. The molecule has 0 radical (unpaired) electrons. The maximum atomic E-state index is 4.84. The number of hydrogen-bond acceptors (Lipinski definition) is 5. The molecule has 1 N–H and O–H groups in total. The summed E-state index contributed by atoms with van der Waals surface area (Å²) < 4.78 is 0. The Balaban J connectivity index is 1.78. The maximum absolute atomic E-state index is 4.84. The summed E-state index contributed by atoms with van der Waals surface area (Å²) in [4.78, 5) is 14.4. The molecule has 1 aliphatic heterocycles. The van der Waals surface area contributed by atoms with Crippen LogP contribution in [0.5, 0.6) is 0 Å². The third-order valence-corrected chi connectivity index (χ3v) is 4.44. The highest BCUT2D eigenvalue weighted by atomic mass is 15.2. The highest BCUT2D eigenvalue weighted by molar-refractivity contribution is 5.13. The van der Waals surface area contributed by atoms with E-state index in [1.807, 2.05) is 0 Å². The maximum Gasteiger partial charge on any atom is 0.147 e. The van der Waals surface area contributed by atoms with E-state index in [0.29, 0.717) is 6.04 Å². The fourth-order valence-corrected chi connectivity index (χ4v) is 2.98. The lowest BCUT2D eigenvalue weighted by molar-refractivity contribution is 0.219. The summed E-state index contributed by atoms with van der Waals surface area (Å²) in [6.45, 7) is 6.22. The molecular formula is C16H27N5. The summed E-state index contributed by atoms with van der Waals surface area (Å²) in [5.41, 5.74) is 2.21. The van der Waals surface area contributed by atoms with E-state index >= 15 is 0 Å². The van der Waals surface area contributed by atoms with Crippen molar-refractivity contribution in [3.63, 3.8) is 0 Å². The minimum Gasteiger partial charge on any atom is -0.308 e. The molecule has 1 aromatic heterocycles. The van der Waals surface area contributed by atoms with E-state index in [0.717, 1.165) is 49.4 Å². The summed E-state index contributed by atoms with van der Waals surface area (Å²) >= 11 is 0. The first kappa shape index (κ1) is 14.9. The fourth-order valence-electron chi connectivity index (χ4n) is 2.98. The highest BCUT2D eigenvalue weighted by Gasteiger charge is 2.25. The first-order valence-corrected chi connectivity index (χ1v) is 8.08. The van der Waals surface area contributed by atoms with Crippen molar-refractivity contribution in [1.82, 2.24) is 25.1 Å². The van der Waals surface area contributed by atoms with Crippen LogP contribution >= 0.6 is 0 Å². The molecule has 1 aliphatic carbocycles. The van der Waals surface area contributed by atoms with Gasteiger partial charge in [-0.2, -0.15) is 0 Å². The van der Waals surface area contributed by atoms with Crippen molar-refractivity contribution < 1.29 is 0 Å². The topological polar surface area (TPSA) is 44.3 Å². The zero-order valence-electron chi connectivity index (χ0n) is 13.5. The highest BCUT2D eigenvalue weighted by Crippen LogP contribution is 2.22. The predicted molar refractivity (Wildman–Crippen MR) is 84.1 cm³/mol. The molecule has 1 aromatic rings. The van der Waals surface area contributed by atoms with Gasteiger partial charge in [-0.15, -0.1) is 0 Å². The van der Waals surface area contributed by atoms with E-state index in [-0.39, 0.29) is 0 Å². The molecule has 3 rings (SSSR count). The molecule has 2 aliphatic rings. The molecule has 5 heteroatoms. The lowest BCUT2D eigenvalue weighted by atomic mass is 10.2. The Bertz CT molecular complexity index is 486. The Kier molecular flexibility index (Phi) is 4.52. The van der Waals surface area contributed by atoms with E-state index in [2.05, 4.69) is 42.2 Å². The van der Waals surface area contributed by atoms with Gasteiger partial charge >= 0.3 is 0 Å². The average molecular weight is 289 g/mol. The number of likely N-dealkylation sites (N-methyl/N-ethyl adjacent to an activating group) is 2. The standard InChI is InChI=1S/C16H27N5/c1-12-9-14(10-17-13-5-6-13)19-16(18-12)15-11-20(2)7-4-8-21(15)3/h9,13,15,17H,4-8,10-11H2,1-3H3. The Morgan fingerprint density at radius 2 is 2.05 bits per heavy atom. The van der Waals surface area contributed by atoms with Crippen LogP contribution in [0.1, 0.15) is 42.5 Å². The molecule has 0 bridgehead atoms. The van der Waals surface area contributed by atoms with Gasteiger partial charge < -0.3 is 10.2 Å². The van der Waals surface area contributed by atoms with E-state index in [1.165, 1.54) is 19.3 Å². The summed E-state index contributed by atoms with van der Waals surface area (Å²) in [7, 11) is 4.38. The van der Waals surface area contributed by atoms with Crippen LogP contribution in [0.25, 0.3) is 0 Å². The molecular weight excluding hydrogens is 262 g/mol. The average Bonchev–Trinajstić information content (AvgIpc) is 3.26. The van der Waals surface area contributed by atoms with E-state index in [9.17, 15) is 0 Å². The second-order valence-electron chi connectivity index (χ2n) is 6.63. The van der Waals surface area contributed by atoms with Crippen molar-refractivity contribution in [3.8, 4) is 0 Å². The molecule has 116 valence electrons. The minimum atomic E-state index is 0.303. The van der Waals surface area contributed by atoms with E-state index in [1.54, 1.807) is 0 Å². The number of aromatic nitrogens is 2. The van der Waals surface area contributed by atoms with Gasteiger partial charge in [0.2, 0.25) is 0 Å². The zero-order valence-corrected chi connectivity index (χ0v) is 13.5. The lowest BCUT2D eigenvalue weighted by Gasteiger charge is -2.26. The largest absolute Gasteiger partial charge is 0.308 e. The van der Waals surface area contributed by atoms with Crippen molar-refractivity contribution in [2.75, 3.05) is 33.7 Å². The number of aryl methyl sites for hydroxylation is 1. The third kappa shape index (κ3) is 3.99. The molecule has 1 saturated heterocycles. The summed E-state index contributed by atoms with van der Waals surface area (Å²) in [5, 5.41) is 3.55. The monoisotopic (exact) mass is 289 g/mol. The van der Waals surface area contributed by atoms with Crippen LogP contribution < -0.4 is 5.32 Å². The van der Waals surface area contributed by atoms with Crippen LogP contribution in [0.4, 0.5) is 0 Å². The van der Waals surface area contributed by atoms with Crippen molar-refractivity contribution in [1.29, 1.82) is 0 Å². The van der Waals surface area contributed by atoms with Crippen molar-refractivity contribution >= 4 is 0 Å². The van der Waals surface area contributed by atoms with E-state index < -0.39 is 0 Å². The molecule has 1 saturated carbocycles. The molecule has 0 spiro atoms. The molecule has 1 atom stereocenters. The van der Waals surface area contributed by atoms with Crippen LogP contribution in [0.3, 0.4) is 0 Å². The van der Waals surface area contributed by atoms with Gasteiger partial charge in [-0.3, -0.25) is 4.90 Å². The van der Waals surface area contributed by atoms with Crippen LogP contribution in [-0.2, 0) is 6.54 Å². The lowest BCUT2D eigenvalue weighted by Crippen LogP contribution is -2.32. The Morgan fingerprint density at radius 1 is 1.24 bits per heavy atom. The smallest absolute Gasteiger partial charge is 0.147 e. The molecule has 21 heavy (non-hydrogen) atoms. The Morgan fingerprint density at radius 3 is 2.81 bits per heavy atom. The van der Waals surface area contributed by atoms with Gasteiger partial charge in [0.1, 0.15) is 5.82 Å². The number of rotatable bonds is 4. The molecule has 2 heterocycles. The van der Waals surface area contributed by atoms with Crippen LogP contribution in [-0.4, -0.2) is 59.5 Å². The van der Waals surface area contributed by atoms with Gasteiger partial charge in [-0.05, 0) is 59.4 Å². The van der Waals surface area contributed by atoms with Crippen molar-refractivity contribution in [2.45, 2.75) is 44.8 Å². The summed E-state index contributed by atoms with van der Waals surface area (Å²) in [5.74, 6) is 0.985. The second kappa shape index (κ2) is 6.38. The molecule has 2 fully saturated rings. The fraction of sp³-hybridized carbons (Fsp3) is 0.750. The third-order valence-electron chi connectivity index (χ3n) is 4.44. The normalized spacial score (nSPS) is 25.0. The van der Waals surface area contributed by atoms with Gasteiger partial charge in [0, 0.05) is 24.8 Å². The Hall–Kier alpha value is -1.04. The van der Waals surface area contributed by atoms with E-state index in [4.69, 9.17) is 9.97 Å². The Labute approximate surface area is 127 Å². The van der Waals surface area contributed by atoms with Gasteiger partial charge in [0.15, 0.2) is 0 Å².